The van der Waals surface area contributed by atoms with Crippen LogP contribution in [0, 0.1) is 0 Å². The normalized spacial score (nSPS) is 10.8. The molecule has 0 unspecified atom stereocenters. The molecule has 0 radical (unpaired) electrons. The molecule has 0 saturated heterocycles. The van der Waals surface area contributed by atoms with E-state index < -0.39 is 0 Å². The highest BCUT2D eigenvalue weighted by atomic mass is 16.3. The first-order chi connectivity index (χ1) is 12.5. The molecule has 26 heavy (non-hydrogen) atoms. The van der Waals surface area contributed by atoms with Crippen LogP contribution >= 0.6 is 0 Å². The summed E-state index contributed by atoms with van der Waals surface area (Å²) in [6.07, 6.45) is 3.21. The van der Waals surface area contributed by atoms with Gasteiger partial charge in [-0.15, -0.1) is 0 Å². The lowest BCUT2D eigenvalue weighted by Crippen LogP contribution is -1.94. The summed E-state index contributed by atoms with van der Waals surface area (Å²) in [5.41, 5.74) is 4.28. The Kier molecular flexibility index (Phi) is 5.32. The molecule has 3 aromatic rings. The molecule has 0 spiro atoms. The van der Waals surface area contributed by atoms with Gasteiger partial charge in [-0.3, -0.25) is 0 Å². The molecule has 0 atom stereocenters. The second-order valence-electron chi connectivity index (χ2n) is 6.50. The van der Waals surface area contributed by atoms with Crippen molar-refractivity contribution >= 4 is 0 Å². The van der Waals surface area contributed by atoms with Crippen molar-refractivity contribution in [3.8, 4) is 23.0 Å². The largest absolute Gasteiger partial charge is 0.508 e. The summed E-state index contributed by atoms with van der Waals surface area (Å²) >= 11 is 0. The zero-order chi connectivity index (χ0) is 18.5. The fourth-order valence-electron chi connectivity index (χ4n) is 2.98. The highest BCUT2D eigenvalue weighted by Crippen LogP contribution is 2.25. The third-order valence-electron chi connectivity index (χ3n) is 4.43. The van der Waals surface area contributed by atoms with Gasteiger partial charge in [0.25, 0.3) is 0 Å². The van der Waals surface area contributed by atoms with E-state index in [2.05, 4.69) is 24.3 Å². The first-order valence-electron chi connectivity index (χ1n) is 8.60. The van der Waals surface area contributed by atoms with Crippen LogP contribution < -0.4 is 0 Å². The van der Waals surface area contributed by atoms with Crippen LogP contribution in [0.5, 0.6) is 23.0 Å². The third kappa shape index (κ3) is 4.70. The predicted molar refractivity (Wildman–Crippen MR) is 101 cm³/mol. The average molecular weight is 350 g/mol. The number of rotatable bonds is 6. The van der Waals surface area contributed by atoms with Crippen molar-refractivity contribution in [3.05, 3.63) is 82.9 Å². The van der Waals surface area contributed by atoms with E-state index in [1.165, 1.54) is 23.3 Å². The first kappa shape index (κ1) is 17.7. The number of phenols is 4. The van der Waals surface area contributed by atoms with Gasteiger partial charge in [0.05, 0.1) is 0 Å². The molecule has 4 N–H and O–H groups in total. The fourth-order valence-corrected chi connectivity index (χ4v) is 2.98. The molecule has 3 aromatic carbocycles. The van der Waals surface area contributed by atoms with Crippen LogP contribution in [0.1, 0.15) is 22.3 Å². The molecule has 0 heterocycles. The summed E-state index contributed by atoms with van der Waals surface area (Å²) in [6.45, 7) is 0. The van der Waals surface area contributed by atoms with Gasteiger partial charge in [-0.25, -0.2) is 0 Å². The van der Waals surface area contributed by atoms with Crippen molar-refractivity contribution in [2.75, 3.05) is 0 Å². The molecular weight excluding hydrogens is 328 g/mol. The van der Waals surface area contributed by atoms with E-state index in [1.54, 1.807) is 18.2 Å². The van der Waals surface area contributed by atoms with Crippen LogP contribution in [0.4, 0.5) is 0 Å². The van der Waals surface area contributed by atoms with Crippen molar-refractivity contribution in [2.24, 2.45) is 0 Å². The van der Waals surface area contributed by atoms with Gasteiger partial charge in [-0.2, -0.15) is 0 Å². The molecule has 0 bridgehead atoms. The highest BCUT2D eigenvalue weighted by molar-refractivity contribution is 5.41. The van der Waals surface area contributed by atoms with E-state index in [1.807, 2.05) is 6.07 Å². The number of hydrogen-bond acceptors (Lipinski definition) is 4. The van der Waals surface area contributed by atoms with Crippen LogP contribution in [-0.4, -0.2) is 20.4 Å². The van der Waals surface area contributed by atoms with Crippen molar-refractivity contribution in [2.45, 2.75) is 25.7 Å². The molecule has 0 aliphatic heterocycles. The molecule has 4 nitrogen and oxygen atoms in total. The smallest absolute Gasteiger partial charge is 0.157 e. The maximum atomic E-state index is 9.54. The maximum absolute atomic E-state index is 9.54. The van der Waals surface area contributed by atoms with Crippen LogP contribution in [0.15, 0.2) is 60.7 Å². The van der Waals surface area contributed by atoms with Crippen LogP contribution in [0.3, 0.4) is 0 Å². The SMILES string of the molecule is Oc1cc(O)cc(CCc2ccc(CCc3ccc(O)c(O)c3)cc2)c1. The summed E-state index contributed by atoms with van der Waals surface area (Å²) in [5.74, 6) is -0.0276. The number of benzene rings is 3. The van der Waals surface area contributed by atoms with Gasteiger partial charge in [0, 0.05) is 6.07 Å². The molecule has 0 saturated carbocycles. The van der Waals surface area contributed by atoms with Crippen LogP contribution in [-0.2, 0) is 25.7 Å². The van der Waals surface area contributed by atoms with E-state index in [4.69, 9.17) is 0 Å². The fraction of sp³-hybridized carbons (Fsp3) is 0.182. The van der Waals surface area contributed by atoms with Crippen molar-refractivity contribution in [3.63, 3.8) is 0 Å². The quantitative estimate of drug-likeness (QED) is 0.505. The van der Waals surface area contributed by atoms with Crippen LogP contribution in [0.25, 0.3) is 0 Å². The summed E-state index contributed by atoms with van der Waals surface area (Å²) in [7, 11) is 0. The topological polar surface area (TPSA) is 80.9 Å². The third-order valence-corrected chi connectivity index (χ3v) is 4.43. The molecule has 0 aromatic heterocycles. The van der Waals surface area contributed by atoms with Crippen molar-refractivity contribution < 1.29 is 20.4 Å². The molecule has 3 rings (SSSR count). The molecule has 0 amide bonds. The number of hydrogen-bond donors (Lipinski definition) is 4. The Labute approximate surface area is 152 Å². The van der Waals surface area contributed by atoms with Gasteiger partial charge >= 0.3 is 0 Å². The van der Waals surface area contributed by atoms with E-state index in [0.29, 0.717) is 0 Å². The Hall–Kier alpha value is -3.14. The minimum Gasteiger partial charge on any atom is -0.508 e. The molecule has 0 aliphatic rings. The summed E-state index contributed by atoms with van der Waals surface area (Å²) < 4.78 is 0. The number of phenolic OH excluding ortho intramolecular Hbond substituents is 4. The lowest BCUT2D eigenvalue weighted by molar-refractivity contribution is 0.403. The Balaban J connectivity index is 1.55. The van der Waals surface area contributed by atoms with E-state index in [-0.39, 0.29) is 23.0 Å². The number of aryl methyl sites for hydroxylation is 4. The molecule has 134 valence electrons. The minimum absolute atomic E-state index is 0.0793. The van der Waals surface area contributed by atoms with Crippen molar-refractivity contribution in [1.82, 2.24) is 0 Å². The van der Waals surface area contributed by atoms with E-state index in [9.17, 15) is 20.4 Å². The Bertz CT molecular complexity index is 865. The number of aromatic hydroxyl groups is 4. The molecule has 0 aliphatic carbocycles. The highest BCUT2D eigenvalue weighted by Gasteiger charge is 2.03. The molecular formula is C22H22O4. The van der Waals surface area contributed by atoms with Gasteiger partial charge < -0.3 is 20.4 Å². The zero-order valence-corrected chi connectivity index (χ0v) is 14.4. The molecule has 0 fully saturated rings. The maximum Gasteiger partial charge on any atom is 0.157 e. The lowest BCUT2D eigenvalue weighted by Gasteiger charge is -2.07. The monoisotopic (exact) mass is 350 g/mol. The van der Waals surface area contributed by atoms with Gasteiger partial charge in [0.1, 0.15) is 11.5 Å². The van der Waals surface area contributed by atoms with E-state index >= 15 is 0 Å². The van der Waals surface area contributed by atoms with Crippen LogP contribution in [0.2, 0.25) is 0 Å². The van der Waals surface area contributed by atoms with Gasteiger partial charge in [0.15, 0.2) is 11.5 Å². The second kappa shape index (κ2) is 7.83. The van der Waals surface area contributed by atoms with Gasteiger partial charge in [-0.1, -0.05) is 30.3 Å². The average Bonchev–Trinajstić information content (AvgIpc) is 2.61. The Morgan fingerprint density at radius 2 is 0.885 bits per heavy atom. The second-order valence-corrected chi connectivity index (χ2v) is 6.50. The van der Waals surface area contributed by atoms with Crippen molar-refractivity contribution in [1.29, 1.82) is 0 Å². The lowest BCUT2D eigenvalue weighted by atomic mass is 10.00. The molecule has 4 heteroatoms. The predicted octanol–water partition coefficient (Wildman–Crippen LogP) is 4.08. The summed E-state index contributed by atoms with van der Waals surface area (Å²) in [5, 5.41) is 37.9. The zero-order valence-electron chi connectivity index (χ0n) is 14.4. The standard InChI is InChI=1S/C22H22O4/c23-19-11-18(12-20(24)14-19)8-6-16-3-1-15(2-4-16)5-7-17-9-10-21(25)22(26)13-17/h1-4,9-14,23-26H,5-8H2. The van der Waals surface area contributed by atoms with E-state index in [0.717, 1.165) is 36.8 Å². The first-order valence-corrected chi connectivity index (χ1v) is 8.60. The minimum atomic E-state index is -0.0989. The van der Waals surface area contributed by atoms with Gasteiger partial charge in [0.2, 0.25) is 0 Å². The van der Waals surface area contributed by atoms with Gasteiger partial charge in [-0.05, 0) is 72.2 Å². The Morgan fingerprint density at radius 1 is 0.423 bits per heavy atom. The summed E-state index contributed by atoms with van der Waals surface area (Å²) in [6, 6.07) is 17.9. The Morgan fingerprint density at radius 3 is 1.42 bits per heavy atom. The summed E-state index contributed by atoms with van der Waals surface area (Å²) in [4.78, 5) is 0.